The van der Waals surface area contributed by atoms with E-state index in [1.807, 2.05) is 35.2 Å². The second kappa shape index (κ2) is 10.5. The predicted molar refractivity (Wildman–Crippen MR) is 135 cm³/mol. The van der Waals surface area contributed by atoms with E-state index < -0.39 is 0 Å². The third-order valence-electron chi connectivity index (χ3n) is 6.23. The molecule has 1 aliphatic rings. The van der Waals surface area contributed by atoms with Crippen molar-refractivity contribution < 1.29 is 14.3 Å². The number of piperazine rings is 1. The first-order chi connectivity index (χ1) is 16.9. The van der Waals surface area contributed by atoms with Crippen LogP contribution in [0.5, 0.6) is 0 Å². The molecule has 1 amide bonds. The largest absolute Gasteiger partial charge is 0.456 e. The van der Waals surface area contributed by atoms with Crippen molar-refractivity contribution in [3.8, 4) is 22.6 Å². The first kappa shape index (κ1) is 24.2. The number of aliphatic hydroxyl groups is 1. The Kier molecular flexibility index (Phi) is 7.28. The Morgan fingerprint density at radius 2 is 1.43 bits per heavy atom. The van der Waals surface area contributed by atoms with E-state index in [4.69, 9.17) is 31.8 Å². The zero-order valence-corrected chi connectivity index (χ0v) is 19.5. The number of nitrogens with zero attached hydrogens (tertiary/aromatic N) is 2. The zero-order chi connectivity index (χ0) is 24.9. The minimum Gasteiger partial charge on any atom is -0.456 e. The Morgan fingerprint density at radius 1 is 0.886 bits per heavy atom. The summed E-state index contributed by atoms with van der Waals surface area (Å²) in [5.41, 5.74) is 14.8. The maximum atomic E-state index is 13.2. The number of hydrogen-bond acceptors (Lipinski definition) is 6. The van der Waals surface area contributed by atoms with Gasteiger partial charge in [-0.15, -0.1) is 0 Å². The Labute approximate surface area is 204 Å². The maximum absolute atomic E-state index is 13.2. The molecule has 9 nitrogen and oxygen atoms in total. The molecule has 0 saturated carbocycles. The summed E-state index contributed by atoms with van der Waals surface area (Å²) >= 11 is 0. The molecule has 0 bridgehead atoms. The van der Waals surface area contributed by atoms with Crippen LogP contribution < -0.4 is 11.5 Å². The Balaban J connectivity index is 1.62. The van der Waals surface area contributed by atoms with Gasteiger partial charge in [0.15, 0.2) is 0 Å². The number of rotatable bonds is 8. The molecule has 1 saturated heterocycles. The number of β-amino-alcohol motifs (C(OH)–C–C–N with tert-alkyl or cyclic N) is 1. The molecule has 2 aromatic carbocycles. The smallest absolute Gasteiger partial charge is 0.227 e. The number of nitrogens with one attached hydrogen (secondary N) is 2. The van der Waals surface area contributed by atoms with E-state index in [1.54, 1.807) is 24.3 Å². The lowest BCUT2D eigenvalue weighted by atomic mass is 10.0. The molecule has 1 fully saturated rings. The fraction of sp³-hybridized carbons (Fsp3) is 0.269. The van der Waals surface area contributed by atoms with Crippen molar-refractivity contribution in [2.75, 3.05) is 39.3 Å². The van der Waals surface area contributed by atoms with Gasteiger partial charge in [0.05, 0.1) is 13.0 Å². The van der Waals surface area contributed by atoms with Gasteiger partial charge in [-0.05, 0) is 6.07 Å². The summed E-state index contributed by atoms with van der Waals surface area (Å²) in [4.78, 5) is 17.2. The maximum Gasteiger partial charge on any atom is 0.227 e. The number of amidine groups is 2. The highest BCUT2D eigenvalue weighted by Gasteiger charge is 2.24. The molecule has 7 N–H and O–H groups in total. The third-order valence-corrected chi connectivity index (χ3v) is 6.23. The van der Waals surface area contributed by atoms with Crippen molar-refractivity contribution in [3.63, 3.8) is 0 Å². The van der Waals surface area contributed by atoms with Gasteiger partial charge >= 0.3 is 0 Å². The highest BCUT2D eigenvalue weighted by Crippen LogP contribution is 2.33. The Morgan fingerprint density at radius 3 is 1.94 bits per heavy atom. The molecule has 2 heterocycles. The van der Waals surface area contributed by atoms with Gasteiger partial charge in [-0.2, -0.15) is 0 Å². The summed E-state index contributed by atoms with van der Waals surface area (Å²) in [5.74, 6) is 1.21. The molecule has 9 heteroatoms. The van der Waals surface area contributed by atoms with E-state index in [2.05, 4.69) is 4.90 Å². The van der Waals surface area contributed by atoms with Crippen LogP contribution in [0.25, 0.3) is 22.6 Å². The molecule has 1 aromatic heterocycles. The van der Waals surface area contributed by atoms with Gasteiger partial charge in [-0.25, -0.2) is 0 Å². The number of carbonyl (C=O) groups excluding carboxylic acids is 1. The molecule has 0 spiro atoms. The van der Waals surface area contributed by atoms with Crippen LogP contribution in [0.2, 0.25) is 0 Å². The monoisotopic (exact) mass is 474 g/mol. The van der Waals surface area contributed by atoms with Crippen LogP contribution in [0.3, 0.4) is 0 Å². The topological polar surface area (TPSA) is 157 Å². The van der Waals surface area contributed by atoms with Gasteiger partial charge in [-0.1, -0.05) is 48.5 Å². The van der Waals surface area contributed by atoms with Crippen LogP contribution in [-0.4, -0.2) is 71.8 Å². The van der Waals surface area contributed by atoms with E-state index in [0.717, 1.165) is 29.8 Å². The van der Waals surface area contributed by atoms with Gasteiger partial charge < -0.3 is 25.9 Å². The van der Waals surface area contributed by atoms with Crippen LogP contribution in [0.15, 0.2) is 59.0 Å². The molecule has 182 valence electrons. The first-order valence-corrected chi connectivity index (χ1v) is 11.5. The third kappa shape index (κ3) is 5.59. The van der Waals surface area contributed by atoms with Crippen LogP contribution in [-0.2, 0) is 11.2 Å². The van der Waals surface area contributed by atoms with Gasteiger partial charge in [0.25, 0.3) is 0 Å². The summed E-state index contributed by atoms with van der Waals surface area (Å²) < 4.78 is 6.25. The zero-order valence-electron chi connectivity index (χ0n) is 19.5. The number of nitrogens with two attached hydrogens (primary N) is 2. The standard InChI is InChI=1S/C26H30N6O3/c27-25(28)19-5-1-17(2-6-19)22-15-21(16-23(34)32-11-9-31(10-12-32)13-14-33)24(35-22)18-3-7-20(8-4-18)26(29)30/h1-8,15,33H,9-14,16H2,(H3,27,28)(H3,29,30). The summed E-state index contributed by atoms with van der Waals surface area (Å²) in [7, 11) is 0. The van der Waals surface area contributed by atoms with Crippen molar-refractivity contribution >= 4 is 17.6 Å². The summed E-state index contributed by atoms with van der Waals surface area (Å²) in [6.45, 7) is 3.47. The number of aliphatic hydroxyl groups excluding tert-OH is 1. The molecule has 35 heavy (non-hydrogen) atoms. The van der Waals surface area contributed by atoms with E-state index in [9.17, 15) is 4.79 Å². The average Bonchev–Trinajstić information content (AvgIpc) is 3.28. The van der Waals surface area contributed by atoms with Crippen molar-refractivity contribution in [3.05, 3.63) is 71.3 Å². The second-order valence-corrected chi connectivity index (χ2v) is 8.57. The number of carbonyl (C=O) groups is 1. The van der Waals surface area contributed by atoms with Crippen molar-refractivity contribution in [1.29, 1.82) is 10.8 Å². The molecule has 4 rings (SSSR count). The van der Waals surface area contributed by atoms with Crippen molar-refractivity contribution in [2.45, 2.75) is 6.42 Å². The van der Waals surface area contributed by atoms with Crippen LogP contribution in [0.4, 0.5) is 0 Å². The van der Waals surface area contributed by atoms with Gasteiger partial charge in [0.1, 0.15) is 23.2 Å². The number of amides is 1. The lowest BCUT2D eigenvalue weighted by Gasteiger charge is -2.34. The van der Waals surface area contributed by atoms with Gasteiger partial charge in [-0.3, -0.25) is 20.5 Å². The predicted octanol–water partition coefficient (Wildman–Crippen LogP) is 1.86. The quantitative estimate of drug-likeness (QED) is 0.248. The van der Waals surface area contributed by atoms with Crippen LogP contribution >= 0.6 is 0 Å². The van der Waals surface area contributed by atoms with Crippen molar-refractivity contribution in [2.24, 2.45) is 11.5 Å². The molecule has 0 unspecified atom stereocenters. The molecule has 0 radical (unpaired) electrons. The SMILES string of the molecule is N=C(N)c1ccc(-c2cc(CC(=O)N3CCN(CCO)CC3)c(-c3ccc(C(=N)N)cc3)o2)cc1. The number of benzene rings is 2. The molecular formula is C26H30N6O3. The fourth-order valence-corrected chi connectivity index (χ4v) is 4.20. The van der Waals surface area contributed by atoms with E-state index >= 15 is 0 Å². The summed E-state index contributed by atoms with van der Waals surface area (Å²) in [6.07, 6.45) is 0.193. The highest BCUT2D eigenvalue weighted by molar-refractivity contribution is 5.96. The van der Waals surface area contributed by atoms with Crippen LogP contribution in [0, 0.1) is 10.8 Å². The normalized spacial score (nSPS) is 14.1. The number of nitrogen functional groups attached to an aromatic ring is 2. The van der Waals surface area contributed by atoms with Crippen LogP contribution in [0.1, 0.15) is 16.7 Å². The fourth-order valence-electron chi connectivity index (χ4n) is 4.20. The van der Waals surface area contributed by atoms with E-state index in [0.29, 0.717) is 42.3 Å². The lowest BCUT2D eigenvalue weighted by molar-refractivity contribution is -0.132. The first-order valence-electron chi connectivity index (χ1n) is 11.5. The Bertz CT molecular complexity index is 1210. The number of furan rings is 1. The summed E-state index contributed by atoms with van der Waals surface area (Å²) in [5, 5.41) is 24.4. The highest BCUT2D eigenvalue weighted by atomic mass is 16.3. The molecule has 1 aliphatic heterocycles. The summed E-state index contributed by atoms with van der Waals surface area (Å²) in [6, 6.07) is 16.3. The molecule has 0 atom stereocenters. The molecular weight excluding hydrogens is 444 g/mol. The second-order valence-electron chi connectivity index (χ2n) is 8.57. The minimum atomic E-state index is -0.0158. The van der Waals surface area contributed by atoms with E-state index in [1.165, 1.54) is 0 Å². The van der Waals surface area contributed by atoms with Gasteiger partial charge in [0.2, 0.25) is 5.91 Å². The molecule has 3 aromatic rings. The minimum absolute atomic E-state index is 0.00684. The average molecular weight is 475 g/mol. The van der Waals surface area contributed by atoms with Gasteiger partial charge in [0, 0.05) is 60.5 Å². The Hall–Kier alpha value is -3.95. The van der Waals surface area contributed by atoms with Crippen molar-refractivity contribution in [1.82, 2.24) is 9.80 Å². The molecule has 0 aliphatic carbocycles. The van der Waals surface area contributed by atoms with E-state index in [-0.39, 0.29) is 30.6 Å². The lowest BCUT2D eigenvalue weighted by Crippen LogP contribution is -2.49. The number of hydrogen-bond donors (Lipinski definition) is 5.